The van der Waals surface area contributed by atoms with Gasteiger partial charge in [-0.05, 0) is 87.0 Å². The first-order chi connectivity index (χ1) is 29.8. The van der Waals surface area contributed by atoms with Crippen molar-refractivity contribution in [3.63, 3.8) is 0 Å². The van der Waals surface area contributed by atoms with Crippen LogP contribution in [-0.4, -0.2) is 79.3 Å². The Morgan fingerprint density at radius 2 is 1.22 bits per heavy atom. The van der Waals surface area contributed by atoms with Crippen LogP contribution in [0.5, 0.6) is 0 Å². The molecule has 326 valence electrons. The predicted octanol–water partition coefficient (Wildman–Crippen LogP) is 8.75. The van der Waals surface area contributed by atoms with Gasteiger partial charge in [-0.25, -0.2) is 32.1 Å². The van der Waals surface area contributed by atoms with Gasteiger partial charge in [-0.15, -0.1) is 0 Å². The van der Waals surface area contributed by atoms with E-state index in [1.54, 1.807) is 45.3 Å². The SMILES string of the molecule is CC(C)OC(=O)C1=CN(C(=O)c2ccc(F)c(F)c2)CC(C)(C)c2c1[nH]c1ncccc21.CCOC(=O)C1=CN(C(=O)c2ccc(F)c(F)c2)CC(C)(C)c2c1[nH]c1cccnc21. The fraction of sp³-hybridized carbons (Fsp3) is 0.277. The molecule has 63 heavy (non-hydrogen) atoms. The Labute approximate surface area is 359 Å². The number of aromatic amines is 2. The first-order valence-electron chi connectivity index (χ1n) is 20.1. The van der Waals surface area contributed by atoms with Crippen LogP contribution in [0.15, 0.2) is 85.5 Å². The van der Waals surface area contributed by atoms with Crippen LogP contribution in [0.3, 0.4) is 0 Å². The van der Waals surface area contributed by atoms with Gasteiger partial charge in [-0.2, -0.15) is 0 Å². The van der Waals surface area contributed by atoms with Gasteiger partial charge < -0.3 is 29.2 Å². The number of amides is 2. The Morgan fingerprint density at radius 3 is 1.78 bits per heavy atom. The molecule has 12 nitrogen and oxygen atoms in total. The minimum absolute atomic E-state index is 0.0235. The Balaban J connectivity index is 0.000000189. The van der Waals surface area contributed by atoms with E-state index in [1.165, 1.54) is 34.3 Å². The van der Waals surface area contributed by atoms with Gasteiger partial charge in [-0.1, -0.05) is 27.7 Å². The Bertz CT molecular complexity index is 2880. The van der Waals surface area contributed by atoms with Crippen molar-refractivity contribution < 1.29 is 46.2 Å². The van der Waals surface area contributed by atoms with Crippen molar-refractivity contribution in [2.45, 2.75) is 65.4 Å². The molecule has 2 aromatic carbocycles. The normalized spacial score (nSPS) is 15.3. The van der Waals surface area contributed by atoms with Crippen molar-refractivity contribution in [1.29, 1.82) is 0 Å². The zero-order valence-corrected chi connectivity index (χ0v) is 35.5. The molecule has 0 aliphatic carbocycles. The highest BCUT2D eigenvalue weighted by atomic mass is 19.2. The van der Waals surface area contributed by atoms with Crippen molar-refractivity contribution in [3.8, 4) is 0 Å². The van der Waals surface area contributed by atoms with Gasteiger partial charge in [-0.3, -0.25) is 14.6 Å². The zero-order chi connectivity index (χ0) is 45.5. The summed E-state index contributed by atoms with van der Waals surface area (Å²) in [6.07, 6.45) is 5.76. The van der Waals surface area contributed by atoms with Gasteiger partial charge in [0, 0.05) is 70.8 Å². The fourth-order valence-corrected chi connectivity index (χ4v) is 8.00. The number of esters is 2. The highest BCUT2D eigenvalue weighted by Crippen LogP contribution is 2.41. The third-order valence-corrected chi connectivity index (χ3v) is 10.6. The van der Waals surface area contributed by atoms with E-state index in [2.05, 4.69) is 19.9 Å². The van der Waals surface area contributed by atoms with Gasteiger partial charge in [0.25, 0.3) is 11.8 Å². The number of nitrogens with one attached hydrogen (secondary N) is 2. The lowest BCUT2D eigenvalue weighted by Gasteiger charge is -2.29. The van der Waals surface area contributed by atoms with E-state index in [4.69, 9.17) is 9.47 Å². The zero-order valence-electron chi connectivity index (χ0n) is 35.5. The highest BCUT2D eigenvalue weighted by molar-refractivity contribution is 6.19. The number of hydrogen-bond acceptors (Lipinski definition) is 8. The van der Waals surface area contributed by atoms with Crippen LogP contribution in [0.1, 0.15) is 91.7 Å². The molecule has 2 amide bonds. The lowest BCUT2D eigenvalue weighted by Crippen LogP contribution is -2.37. The number of rotatable bonds is 6. The second-order valence-electron chi connectivity index (χ2n) is 16.7. The smallest absolute Gasteiger partial charge is 0.342 e. The average molecular weight is 865 g/mol. The number of fused-ring (bicyclic) bond motifs is 6. The number of ether oxygens (including phenoxy) is 2. The molecule has 0 saturated heterocycles. The summed E-state index contributed by atoms with van der Waals surface area (Å²) >= 11 is 0. The van der Waals surface area contributed by atoms with Crippen LogP contribution in [0.4, 0.5) is 17.6 Å². The number of H-pyrrole nitrogens is 2. The van der Waals surface area contributed by atoms with E-state index in [9.17, 15) is 36.7 Å². The average Bonchev–Trinajstić information content (AvgIpc) is 3.76. The summed E-state index contributed by atoms with van der Waals surface area (Å²) in [4.78, 5) is 70.3. The quantitative estimate of drug-likeness (QED) is 0.125. The summed E-state index contributed by atoms with van der Waals surface area (Å²) in [5, 5.41) is 0.831. The molecular formula is C47H44F4N6O6. The maximum absolute atomic E-state index is 13.8. The Hall–Kier alpha value is -7.10. The van der Waals surface area contributed by atoms with Gasteiger partial charge >= 0.3 is 11.9 Å². The van der Waals surface area contributed by atoms with E-state index in [0.29, 0.717) is 22.6 Å². The highest BCUT2D eigenvalue weighted by Gasteiger charge is 2.40. The van der Waals surface area contributed by atoms with Crippen LogP contribution in [-0.2, 0) is 29.9 Å². The monoisotopic (exact) mass is 864 g/mol. The molecule has 0 bridgehead atoms. The van der Waals surface area contributed by atoms with E-state index < -0.39 is 57.9 Å². The second-order valence-corrected chi connectivity index (χ2v) is 16.7. The largest absolute Gasteiger partial charge is 0.462 e. The molecule has 2 N–H and O–H groups in total. The van der Waals surface area contributed by atoms with Crippen LogP contribution in [0, 0.1) is 23.3 Å². The molecular weight excluding hydrogens is 821 g/mol. The molecule has 6 heterocycles. The number of carbonyl (C=O) groups is 4. The summed E-state index contributed by atoms with van der Waals surface area (Å²) in [5.74, 6) is -6.63. The Morgan fingerprint density at radius 1 is 0.698 bits per heavy atom. The number of halogens is 4. The van der Waals surface area contributed by atoms with Gasteiger partial charge in [0.15, 0.2) is 23.3 Å². The van der Waals surface area contributed by atoms with Crippen molar-refractivity contribution in [2.24, 2.45) is 0 Å². The lowest BCUT2D eigenvalue weighted by atomic mass is 9.82. The molecule has 8 rings (SSSR count). The molecule has 4 aromatic heterocycles. The summed E-state index contributed by atoms with van der Waals surface area (Å²) in [6.45, 7) is 13.4. The summed E-state index contributed by atoms with van der Waals surface area (Å²) in [5.41, 5.74) is 3.77. The molecule has 2 aliphatic heterocycles. The Kier molecular flexibility index (Phi) is 11.9. The maximum Gasteiger partial charge on any atom is 0.342 e. The number of aromatic nitrogens is 4. The molecule has 0 saturated carbocycles. The molecule has 16 heteroatoms. The summed E-state index contributed by atoms with van der Waals surface area (Å²) in [6, 6.07) is 13.3. The number of benzene rings is 2. The number of carbonyl (C=O) groups excluding carboxylic acids is 4. The minimum Gasteiger partial charge on any atom is -0.462 e. The first kappa shape index (κ1) is 44.0. The van der Waals surface area contributed by atoms with Crippen LogP contribution in [0.2, 0.25) is 0 Å². The van der Waals surface area contributed by atoms with E-state index in [-0.39, 0.29) is 48.1 Å². The molecule has 0 fully saturated rings. The minimum atomic E-state index is -1.12. The molecule has 0 atom stereocenters. The van der Waals surface area contributed by atoms with Crippen molar-refractivity contribution in [2.75, 3.05) is 19.7 Å². The van der Waals surface area contributed by atoms with E-state index in [1.807, 2.05) is 39.8 Å². The van der Waals surface area contributed by atoms with Gasteiger partial charge in [0.2, 0.25) is 0 Å². The summed E-state index contributed by atoms with van der Waals surface area (Å²) < 4.78 is 64.9. The molecule has 6 aromatic rings. The van der Waals surface area contributed by atoms with Crippen molar-refractivity contribution in [1.82, 2.24) is 29.7 Å². The third kappa shape index (κ3) is 8.57. The van der Waals surface area contributed by atoms with Crippen LogP contribution in [0.25, 0.3) is 33.2 Å². The van der Waals surface area contributed by atoms with Crippen LogP contribution < -0.4 is 0 Å². The summed E-state index contributed by atoms with van der Waals surface area (Å²) in [7, 11) is 0. The second kappa shape index (κ2) is 17.0. The van der Waals surface area contributed by atoms with E-state index >= 15 is 0 Å². The predicted molar refractivity (Wildman–Crippen MR) is 227 cm³/mol. The van der Waals surface area contributed by atoms with E-state index in [0.717, 1.165) is 46.3 Å². The van der Waals surface area contributed by atoms with Crippen molar-refractivity contribution in [3.05, 3.63) is 142 Å². The topological polar surface area (TPSA) is 151 Å². The number of nitrogens with zero attached hydrogens (tertiary/aromatic N) is 4. The van der Waals surface area contributed by atoms with Gasteiger partial charge in [0.05, 0.1) is 46.3 Å². The fourth-order valence-electron chi connectivity index (χ4n) is 8.00. The maximum atomic E-state index is 13.8. The molecule has 0 spiro atoms. The third-order valence-electron chi connectivity index (χ3n) is 10.6. The lowest BCUT2D eigenvalue weighted by molar-refractivity contribution is -0.140. The molecule has 0 radical (unpaired) electrons. The first-order valence-corrected chi connectivity index (χ1v) is 20.1. The standard InChI is InChI=1S/C24H23F2N3O3.C23H21F2N3O3/c1-13(2)32-23(31)16-11-29(22(30)14-7-8-17(25)18(26)10-14)12-24(3,4)19-15-6-5-9-27-21(15)28-20(16)19;1-4-31-22(30)14-11-28(21(29)13-7-8-15(24)16(25)10-13)12-23(2,3)18-19(14)27-17-6-5-9-26-20(17)18/h5-11,13H,12H2,1-4H3,(H,27,28);5-11,27H,4,12H2,1-3H3. The number of hydrogen-bond donors (Lipinski definition) is 2. The molecule has 2 aliphatic rings. The number of pyridine rings is 2. The van der Waals surface area contributed by atoms with Crippen molar-refractivity contribution >= 4 is 57.0 Å². The van der Waals surface area contributed by atoms with Crippen LogP contribution >= 0.6 is 0 Å². The molecule has 0 unspecified atom stereocenters. The van der Waals surface area contributed by atoms with Gasteiger partial charge in [0.1, 0.15) is 5.65 Å².